The number of carbonyl (C=O) groups excluding carboxylic acids is 7. The van der Waals surface area contributed by atoms with E-state index in [1.165, 1.54) is 13.4 Å². The molecule has 0 bridgehead atoms. The third kappa shape index (κ3) is 19.8. The number of esters is 1. The van der Waals surface area contributed by atoms with Crippen LogP contribution in [-0.4, -0.2) is 112 Å². The van der Waals surface area contributed by atoms with E-state index in [9.17, 15) is 43.8 Å². The lowest BCUT2D eigenvalue weighted by Gasteiger charge is -2.31. The zero-order valence-corrected chi connectivity index (χ0v) is 38.9. The summed E-state index contributed by atoms with van der Waals surface area (Å²) in [7, 11) is 1.19. The van der Waals surface area contributed by atoms with Gasteiger partial charge in [0.05, 0.1) is 56.4 Å². The van der Waals surface area contributed by atoms with Gasteiger partial charge in [-0.1, -0.05) is 102 Å². The second kappa shape index (κ2) is 27.9. The molecule has 2 unspecified atom stereocenters. The molecule has 0 aliphatic carbocycles. The Bertz CT molecular complexity index is 1980. The van der Waals surface area contributed by atoms with Gasteiger partial charge in [-0.05, 0) is 48.1 Å². The van der Waals surface area contributed by atoms with Crippen molar-refractivity contribution in [1.29, 1.82) is 0 Å². The number of aromatic amines is 1. The monoisotopic (exact) mass is 921 g/mol. The third-order valence-electron chi connectivity index (χ3n) is 10.6. The van der Waals surface area contributed by atoms with Gasteiger partial charge in [0.2, 0.25) is 23.6 Å². The molecule has 3 rings (SSSR count). The van der Waals surface area contributed by atoms with Crippen LogP contribution < -0.4 is 31.9 Å². The normalized spacial score (nSPS) is 14.4. The highest BCUT2D eigenvalue weighted by atomic mass is 16.5. The fraction of sp³-hybridized carbons (Fsp3) is 0.532. The highest BCUT2D eigenvalue weighted by molar-refractivity contribution is 5.97. The highest BCUT2D eigenvalue weighted by Gasteiger charge is 2.34. The van der Waals surface area contributed by atoms with E-state index in [0.717, 1.165) is 11.1 Å². The standard InChI is InChI=1S/C47H68N8O11/c1-28(2)18-35(40(57)23-42(59)65-7)51-41(58)25-49-46(63)55-43(60)34(30(5)6)22-39(56)36(19-29(3)4)52-45(62)38(21-33-24-48-27-50-33)53-44(61)37(20-31-14-10-8-11-15-31)54-47(64)66-26-32-16-12-9-13-17-32/h8-17,24,27-30,34-40,56-57H,18-23,25-26H2,1-7H3,(H,48,50)(H,51,58)(H,52,62)(H,53,61)(H,54,64)(H2,49,55,60,63)/t34-,35?,36-,37-,38-,39-,40?/m0/s1. The third-order valence-corrected chi connectivity index (χ3v) is 10.6. The predicted octanol–water partition coefficient (Wildman–Crippen LogP) is 2.81. The fourth-order valence-corrected chi connectivity index (χ4v) is 7.15. The number of nitrogens with one attached hydrogen (secondary N) is 7. The number of benzene rings is 2. The van der Waals surface area contributed by atoms with E-state index in [-0.39, 0.29) is 56.5 Å². The molecule has 9 N–H and O–H groups in total. The largest absolute Gasteiger partial charge is 0.469 e. The Morgan fingerprint density at radius 2 is 1.26 bits per heavy atom. The Labute approximate surface area is 386 Å². The van der Waals surface area contributed by atoms with E-state index >= 15 is 0 Å². The number of hydrogen-bond acceptors (Lipinski definition) is 12. The second-order valence-corrected chi connectivity index (χ2v) is 17.5. The summed E-state index contributed by atoms with van der Waals surface area (Å²) in [5.41, 5.74) is 1.93. The van der Waals surface area contributed by atoms with Crippen LogP contribution in [0.2, 0.25) is 0 Å². The average molecular weight is 921 g/mol. The first kappa shape index (κ1) is 54.0. The molecule has 7 amide bonds. The fourth-order valence-electron chi connectivity index (χ4n) is 7.15. The van der Waals surface area contributed by atoms with Crippen LogP contribution in [-0.2, 0) is 52.9 Å². The Morgan fingerprint density at radius 1 is 0.682 bits per heavy atom. The van der Waals surface area contributed by atoms with Gasteiger partial charge in [-0.15, -0.1) is 0 Å². The smallest absolute Gasteiger partial charge is 0.408 e. The van der Waals surface area contributed by atoms with Crippen LogP contribution in [0.3, 0.4) is 0 Å². The summed E-state index contributed by atoms with van der Waals surface area (Å²) in [6.45, 7) is 10.4. The lowest BCUT2D eigenvalue weighted by atomic mass is 9.85. The zero-order valence-electron chi connectivity index (χ0n) is 38.9. The Morgan fingerprint density at radius 3 is 1.82 bits per heavy atom. The number of amides is 7. The summed E-state index contributed by atoms with van der Waals surface area (Å²) in [5.74, 6) is -4.69. The van der Waals surface area contributed by atoms with Crippen LogP contribution >= 0.6 is 0 Å². The van der Waals surface area contributed by atoms with Gasteiger partial charge >= 0.3 is 18.1 Å². The number of nitrogens with zero attached hydrogens (tertiary/aromatic N) is 1. The predicted molar refractivity (Wildman–Crippen MR) is 244 cm³/mol. The SMILES string of the molecule is COC(=O)CC(O)C(CC(C)C)NC(=O)CNC(=O)NC(=O)[C@@H](C[C@H](O)[C@H](CC(C)C)NC(=O)[C@H](Cc1c[nH]cn1)NC(=O)[C@H](Cc1ccccc1)NC(=O)OCc1ccccc1)C(C)C. The van der Waals surface area contributed by atoms with Gasteiger partial charge in [-0.2, -0.15) is 0 Å². The summed E-state index contributed by atoms with van der Waals surface area (Å²) >= 11 is 0. The number of H-pyrrole nitrogens is 1. The average Bonchev–Trinajstić information content (AvgIpc) is 3.79. The Balaban J connectivity index is 1.72. The van der Waals surface area contributed by atoms with Crippen molar-refractivity contribution in [2.24, 2.45) is 23.7 Å². The first-order valence-electron chi connectivity index (χ1n) is 22.3. The maximum atomic E-state index is 14.2. The van der Waals surface area contributed by atoms with Crippen molar-refractivity contribution >= 4 is 41.7 Å². The molecule has 1 aromatic heterocycles. The van der Waals surface area contributed by atoms with Crippen molar-refractivity contribution in [3.63, 3.8) is 0 Å². The molecule has 19 heteroatoms. The number of imide groups is 1. The van der Waals surface area contributed by atoms with Crippen molar-refractivity contribution in [3.05, 3.63) is 90.0 Å². The number of rotatable bonds is 26. The molecule has 0 saturated heterocycles. The first-order valence-corrected chi connectivity index (χ1v) is 22.3. The molecule has 0 aliphatic rings. The molecule has 0 radical (unpaired) electrons. The molecule has 7 atom stereocenters. The number of ether oxygens (including phenoxy) is 2. The minimum Gasteiger partial charge on any atom is -0.469 e. The second-order valence-electron chi connectivity index (χ2n) is 17.5. The summed E-state index contributed by atoms with van der Waals surface area (Å²) in [6, 6.07) is 13.0. The molecule has 362 valence electrons. The molecule has 19 nitrogen and oxygen atoms in total. The van der Waals surface area contributed by atoms with Gasteiger partial charge in [0.15, 0.2) is 0 Å². The molecule has 3 aromatic rings. The van der Waals surface area contributed by atoms with Crippen molar-refractivity contribution in [3.8, 4) is 0 Å². The number of methoxy groups -OCH3 is 1. The first-order chi connectivity index (χ1) is 31.3. The van der Waals surface area contributed by atoms with Crippen LogP contribution in [0.15, 0.2) is 73.2 Å². The van der Waals surface area contributed by atoms with E-state index < -0.39 is 90.6 Å². The molecule has 0 fully saturated rings. The lowest BCUT2D eigenvalue weighted by molar-refractivity contribution is -0.143. The van der Waals surface area contributed by atoms with E-state index in [1.54, 1.807) is 56.4 Å². The van der Waals surface area contributed by atoms with Crippen molar-refractivity contribution in [2.45, 2.75) is 123 Å². The number of aliphatic hydroxyl groups is 2. The molecule has 66 heavy (non-hydrogen) atoms. The topological polar surface area (TPSA) is 279 Å². The number of imidazole rings is 1. The van der Waals surface area contributed by atoms with Crippen LogP contribution in [0, 0.1) is 23.7 Å². The minimum absolute atomic E-state index is 0.0331. The van der Waals surface area contributed by atoms with E-state index in [2.05, 4.69) is 46.6 Å². The quantitative estimate of drug-likeness (QED) is 0.0526. The van der Waals surface area contributed by atoms with Gasteiger partial charge in [0.25, 0.3) is 0 Å². The molecule has 1 heterocycles. The zero-order chi connectivity index (χ0) is 48.8. The minimum atomic E-state index is -1.30. The van der Waals surface area contributed by atoms with Crippen molar-refractivity contribution in [2.75, 3.05) is 13.7 Å². The van der Waals surface area contributed by atoms with E-state index in [1.807, 2.05) is 52.0 Å². The lowest BCUT2D eigenvalue weighted by Crippen LogP contribution is -2.57. The molecule has 0 spiro atoms. The maximum Gasteiger partial charge on any atom is 0.408 e. The van der Waals surface area contributed by atoms with Crippen LogP contribution in [0.25, 0.3) is 0 Å². The summed E-state index contributed by atoms with van der Waals surface area (Å²) < 4.78 is 10.0. The number of alkyl carbamates (subject to hydrolysis) is 1. The molecule has 2 aromatic carbocycles. The van der Waals surface area contributed by atoms with Gasteiger partial charge in [0, 0.05) is 25.0 Å². The number of aliphatic hydroxyl groups excluding tert-OH is 2. The number of hydrogen-bond donors (Lipinski definition) is 9. The Kier molecular flexibility index (Phi) is 22.8. The molecular weight excluding hydrogens is 853 g/mol. The van der Waals surface area contributed by atoms with Crippen LogP contribution in [0.4, 0.5) is 9.59 Å². The van der Waals surface area contributed by atoms with Crippen LogP contribution in [0.1, 0.15) is 84.0 Å². The molecular formula is C47H68N8O11. The van der Waals surface area contributed by atoms with Crippen molar-refractivity contribution in [1.82, 2.24) is 41.9 Å². The number of aromatic nitrogens is 2. The van der Waals surface area contributed by atoms with E-state index in [0.29, 0.717) is 12.1 Å². The van der Waals surface area contributed by atoms with Gasteiger partial charge in [-0.3, -0.25) is 29.3 Å². The highest BCUT2D eigenvalue weighted by Crippen LogP contribution is 2.22. The summed E-state index contributed by atoms with van der Waals surface area (Å²) in [6.07, 6.45) is -0.254. The van der Waals surface area contributed by atoms with Crippen LogP contribution in [0.5, 0.6) is 0 Å². The van der Waals surface area contributed by atoms with E-state index in [4.69, 9.17) is 4.74 Å². The van der Waals surface area contributed by atoms with Gasteiger partial charge in [-0.25, -0.2) is 14.6 Å². The van der Waals surface area contributed by atoms with Crippen molar-refractivity contribution < 1.29 is 53.2 Å². The molecule has 0 saturated carbocycles. The maximum absolute atomic E-state index is 14.2. The summed E-state index contributed by atoms with van der Waals surface area (Å²) in [4.78, 5) is 99.2. The number of urea groups is 1. The summed E-state index contributed by atoms with van der Waals surface area (Å²) in [5, 5.41) is 37.7. The molecule has 0 aliphatic heterocycles. The van der Waals surface area contributed by atoms with Gasteiger partial charge in [0.1, 0.15) is 18.7 Å². The number of carbonyl (C=O) groups is 7. The Hall–Kier alpha value is -6.34. The van der Waals surface area contributed by atoms with Gasteiger partial charge < -0.3 is 51.3 Å².